The predicted octanol–water partition coefficient (Wildman–Crippen LogP) is 6.11. The fourth-order valence-corrected chi connectivity index (χ4v) is 2.90. The Bertz CT molecular complexity index is 506. The quantitative estimate of drug-likeness (QED) is 0.338. The van der Waals surface area contributed by atoms with Gasteiger partial charge in [0, 0.05) is 0 Å². The molecule has 0 unspecified atom stereocenters. The molecule has 0 bridgehead atoms. The van der Waals surface area contributed by atoms with Gasteiger partial charge in [-0.25, -0.2) is 4.79 Å². The lowest BCUT2D eigenvalue weighted by atomic mass is 10.00. The monoisotopic (exact) mass is 332 g/mol. The third-order valence-electron chi connectivity index (χ3n) is 4.30. The first-order chi connectivity index (χ1) is 11.7. The first-order valence-electron chi connectivity index (χ1n) is 9.36. The molecule has 1 aromatic carbocycles. The first-order valence-corrected chi connectivity index (χ1v) is 9.36. The molecule has 0 radical (unpaired) electrons. The molecule has 0 amide bonds. The van der Waals surface area contributed by atoms with Crippen molar-refractivity contribution in [2.24, 2.45) is 0 Å². The van der Waals surface area contributed by atoms with Gasteiger partial charge in [-0.15, -0.1) is 0 Å². The number of aromatic hydroxyl groups is 1. The van der Waals surface area contributed by atoms with Gasteiger partial charge in [0.15, 0.2) is 0 Å². The molecule has 0 atom stereocenters. The van der Waals surface area contributed by atoms with E-state index in [2.05, 4.69) is 19.1 Å². The number of rotatable bonds is 13. The van der Waals surface area contributed by atoms with Crippen LogP contribution < -0.4 is 0 Å². The van der Waals surface area contributed by atoms with Crippen LogP contribution in [0.25, 0.3) is 0 Å². The first kappa shape index (κ1) is 20.3. The summed E-state index contributed by atoms with van der Waals surface area (Å²) >= 11 is 0. The lowest BCUT2D eigenvalue weighted by Crippen LogP contribution is -2.03. The van der Waals surface area contributed by atoms with E-state index < -0.39 is 5.97 Å². The summed E-state index contributed by atoms with van der Waals surface area (Å²) in [4.78, 5) is 11.2. The predicted molar refractivity (Wildman–Crippen MR) is 99.8 cm³/mol. The number of hydrogen-bond acceptors (Lipinski definition) is 2. The zero-order chi connectivity index (χ0) is 17.6. The zero-order valence-corrected chi connectivity index (χ0v) is 15.0. The van der Waals surface area contributed by atoms with E-state index in [0.29, 0.717) is 6.42 Å². The maximum atomic E-state index is 11.2. The molecule has 1 rings (SSSR count). The van der Waals surface area contributed by atoms with Gasteiger partial charge in [0.25, 0.3) is 0 Å². The topological polar surface area (TPSA) is 57.5 Å². The lowest BCUT2D eigenvalue weighted by molar-refractivity contribution is 0.0692. The van der Waals surface area contributed by atoms with Crippen LogP contribution in [0.2, 0.25) is 0 Å². The van der Waals surface area contributed by atoms with Crippen molar-refractivity contribution >= 4 is 5.97 Å². The van der Waals surface area contributed by atoms with Crippen LogP contribution in [0.5, 0.6) is 5.75 Å². The number of carboxylic acids is 1. The van der Waals surface area contributed by atoms with Crippen LogP contribution in [0.15, 0.2) is 30.4 Å². The molecule has 24 heavy (non-hydrogen) atoms. The molecule has 0 heterocycles. The Balaban J connectivity index is 2.12. The summed E-state index contributed by atoms with van der Waals surface area (Å²) < 4.78 is 0. The highest BCUT2D eigenvalue weighted by Gasteiger charge is 2.14. The number of benzene rings is 1. The van der Waals surface area contributed by atoms with Crippen LogP contribution in [-0.4, -0.2) is 16.2 Å². The molecular weight excluding hydrogens is 300 g/mol. The molecule has 0 spiro atoms. The average molecular weight is 332 g/mol. The number of aromatic carboxylic acids is 1. The SMILES string of the molecule is CCCCCC/C=C\CCCCCCc1cccc(O)c1C(=O)O. The van der Waals surface area contributed by atoms with E-state index >= 15 is 0 Å². The minimum absolute atomic E-state index is 0.0588. The third-order valence-corrected chi connectivity index (χ3v) is 4.30. The van der Waals surface area contributed by atoms with Crippen LogP contribution in [0.1, 0.15) is 87.1 Å². The van der Waals surface area contributed by atoms with Crippen LogP contribution in [0.3, 0.4) is 0 Å². The highest BCUT2D eigenvalue weighted by Crippen LogP contribution is 2.22. The standard InChI is InChI=1S/C21H32O3/c1-2-3-4-5-6-7-8-9-10-11-12-13-15-18-16-14-17-19(22)20(18)21(23)24/h7-8,14,16-17,22H,2-6,9-13,15H2,1H3,(H,23,24)/b8-7-. The van der Waals surface area contributed by atoms with E-state index in [4.69, 9.17) is 0 Å². The minimum Gasteiger partial charge on any atom is -0.507 e. The van der Waals surface area contributed by atoms with Crippen molar-refractivity contribution < 1.29 is 15.0 Å². The Hall–Kier alpha value is -1.77. The van der Waals surface area contributed by atoms with Crippen LogP contribution in [0, 0.1) is 0 Å². The summed E-state index contributed by atoms with van der Waals surface area (Å²) in [5.41, 5.74) is 0.790. The van der Waals surface area contributed by atoms with E-state index in [1.165, 1.54) is 51.0 Å². The Labute approximate surface area is 146 Å². The zero-order valence-electron chi connectivity index (χ0n) is 15.0. The number of aryl methyl sites for hydroxylation is 1. The van der Waals surface area contributed by atoms with Crippen molar-refractivity contribution in [3.63, 3.8) is 0 Å². The average Bonchev–Trinajstić information content (AvgIpc) is 2.55. The van der Waals surface area contributed by atoms with E-state index in [1.54, 1.807) is 12.1 Å². The van der Waals surface area contributed by atoms with Gasteiger partial charge in [-0.2, -0.15) is 0 Å². The molecule has 0 aliphatic carbocycles. The maximum Gasteiger partial charge on any atom is 0.339 e. The van der Waals surface area contributed by atoms with Gasteiger partial charge >= 0.3 is 5.97 Å². The Kier molecular flexibility index (Phi) is 10.7. The van der Waals surface area contributed by atoms with Crippen LogP contribution in [-0.2, 0) is 6.42 Å². The fraction of sp³-hybridized carbons (Fsp3) is 0.571. The van der Waals surface area contributed by atoms with Crippen molar-refractivity contribution in [3.8, 4) is 5.75 Å². The van der Waals surface area contributed by atoms with Crippen LogP contribution >= 0.6 is 0 Å². The Morgan fingerprint density at radius 3 is 2.21 bits per heavy atom. The van der Waals surface area contributed by atoms with Gasteiger partial charge in [0.1, 0.15) is 11.3 Å². The summed E-state index contributed by atoms with van der Waals surface area (Å²) in [5, 5.41) is 18.8. The number of unbranched alkanes of at least 4 members (excludes halogenated alkanes) is 8. The molecule has 134 valence electrons. The number of phenols is 1. The molecule has 0 aliphatic heterocycles. The minimum atomic E-state index is -1.05. The van der Waals surface area contributed by atoms with Crippen molar-refractivity contribution in [1.29, 1.82) is 0 Å². The lowest BCUT2D eigenvalue weighted by Gasteiger charge is -2.07. The highest BCUT2D eigenvalue weighted by atomic mass is 16.4. The summed E-state index contributed by atoms with van der Waals surface area (Å²) in [6, 6.07) is 4.94. The normalized spacial score (nSPS) is 11.2. The van der Waals surface area contributed by atoms with Crippen molar-refractivity contribution in [2.45, 2.75) is 77.6 Å². The summed E-state index contributed by atoms with van der Waals surface area (Å²) in [5.74, 6) is -1.18. The van der Waals surface area contributed by atoms with E-state index in [0.717, 1.165) is 24.8 Å². The largest absolute Gasteiger partial charge is 0.507 e. The number of allylic oxidation sites excluding steroid dienone is 2. The molecule has 0 aromatic heterocycles. The maximum absolute atomic E-state index is 11.2. The van der Waals surface area contributed by atoms with Gasteiger partial charge in [-0.1, -0.05) is 63.3 Å². The van der Waals surface area contributed by atoms with Crippen molar-refractivity contribution in [2.75, 3.05) is 0 Å². The second kappa shape index (κ2) is 12.6. The molecule has 0 saturated heterocycles. The van der Waals surface area contributed by atoms with E-state index in [1.807, 2.05) is 0 Å². The van der Waals surface area contributed by atoms with Crippen molar-refractivity contribution in [3.05, 3.63) is 41.5 Å². The Morgan fingerprint density at radius 1 is 0.958 bits per heavy atom. The van der Waals surface area contributed by atoms with E-state index in [-0.39, 0.29) is 11.3 Å². The Morgan fingerprint density at radius 2 is 1.58 bits per heavy atom. The van der Waals surface area contributed by atoms with Gasteiger partial charge in [-0.05, 0) is 50.2 Å². The summed E-state index contributed by atoms with van der Waals surface area (Å²) in [6.07, 6.45) is 17.4. The molecule has 3 heteroatoms. The third kappa shape index (κ3) is 8.19. The number of hydrogen-bond donors (Lipinski definition) is 2. The molecule has 0 saturated carbocycles. The summed E-state index contributed by atoms with van der Waals surface area (Å²) in [6.45, 7) is 2.23. The molecule has 3 nitrogen and oxygen atoms in total. The number of carboxylic acid groups (broad SMARTS) is 1. The van der Waals surface area contributed by atoms with Crippen molar-refractivity contribution in [1.82, 2.24) is 0 Å². The van der Waals surface area contributed by atoms with E-state index in [9.17, 15) is 15.0 Å². The second-order valence-electron chi connectivity index (χ2n) is 6.39. The smallest absolute Gasteiger partial charge is 0.339 e. The fourth-order valence-electron chi connectivity index (χ4n) is 2.90. The molecule has 0 fully saturated rings. The summed E-state index contributed by atoms with van der Waals surface area (Å²) in [7, 11) is 0. The number of carbonyl (C=O) groups is 1. The van der Waals surface area contributed by atoms with Gasteiger partial charge in [0.2, 0.25) is 0 Å². The molecule has 2 N–H and O–H groups in total. The molecule has 0 aliphatic rings. The highest BCUT2D eigenvalue weighted by molar-refractivity contribution is 5.92. The van der Waals surface area contributed by atoms with Gasteiger partial charge < -0.3 is 10.2 Å². The second-order valence-corrected chi connectivity index (χ2v) is 6.39. The van der Waals surface area contributed by atoms with Gasteiger partial charge in [-0.3, -0.25) is 0 Å². The molecular formula is C21H32O3. The molecule has 1 aromatic rings. The van der Waals surface area contributed by atoms with Gasteiger partial charge in [0.05, 0.1) is 0 Å². The van der Waals surface area contributed by atoms with Crippen LogP contribution in [0.4, 0.5) is 0 Å².